The highest BCUT2D eigenvalue weighted by Crippen LogP contribution is 2.15. The quantitative estimate of drug-likeness (QED) is 0.679. The van der Waals surface area contributed by atoms with Gasteiger partial charge in [0.2, 0.25) is 0 Å². The molecule has 1 aromatic heterocycles. The van der Waals surface area contributed by atoms with Crippen molar-refractivity contribution in [2.75, 3.05) is 0 Å². The summed E-state index contributed by atoms with van der Waals surface area (Å²) in [7, 11) is -1.18. The van der Waals surface area contributed by atoms with Crippen molar-refractivity contribution in [1.29, 1.82) is 0 Å². The monoisotopic (exact) mass is 207 g/mol. The van der Waals surface area contributed by atoms with E-state index in [1.807, 2.05) is 0 Å². The lowest BCUT2D eigenvalue weighted by Crippen LogP contribution is -2.38. The van der Waals surface area contributed by atoms with Crippen molar-refractivity contribution in [3.05, 3.63) is 23.5 Å². The molecule has 0 amide bonds. The van der Waals surface area contributed by atoms with Crippen LogP contribution in [0.4, 0.5) is 0 Å². The number of nitrogens with zero attached hydrogens (tertiary/aromatic N) is 1. The Morgan fingerprint density at radius 3 is 2.14 bits per heavy atom. The first-order chi connectivity index (χ1) is 6.32. The minimum atomic E-state index is -1.18. The third-order valence-corrected chi connectivity index (χ3v) is 4.54. The van der Waals surface area contributed by atoms with Gasteiger partial charge in [-0.25, -0.2) is 0 Å². The Bertz CT molecular complexity index is 324. The maximum Gasteiger partial charge on any atom is 0.0796 e. The molecule has 0 N–H and O–H groups in total. The van der Waals surface area contributed by atoms with Crippen molar-refractivity contribution >= 4 is 13.3 Å². The van der Waals surface area contributed by atoms with Gasteiger partial charge in [-0.3, -0.25) is 4.98 Å². The normalized spacial score (nSPS) is 12.2. The molecule has 0 atom stereocenters. The molecular weight excluding hydrogens is 186 g/mol. The third-order valence-electron chi connectivity index (χ3n) is 2.53. The zero-order chi connectivity index (χ0) is 10.9. The SMILES string of the molecule is Cc1cc([Si](C)(C)C)cnc1C(C)C. The van der Waals surface area contributed by atoms with Gasteiger partial charge in [0.15, 0.2) is 0 Å². The molecule has 1 rings (SSSR count). The van der Waals surface area contributed by atoms with E-state index in [4.69, 9.17) is 0 Å². The van der Waals surface area contributed by atoms with Gasteiger partial charge in [0.25, 0.3) is 0 Å². The first-order valence-corrected chi connectivity index (χ1v) is 8.79. The van der Waals surface area contributed by atoms with Crippen LogP contribution in [0, 0.1) is 6.92 Å². The van der Waals surface area contributed by atoms with E-state index in [1.165, 1.54) is 16.4 Å². The number of aryl methyl sites for hydroxylation is 1. The number of aromatic nitrogens is 1. The van der Waals surface area contributed by atoms with Crippen LogP contribution in [-0.4, -0.2) is 13.1 Å². The van der Waals surface area contributed by atoms with E-state index in [0.717, 1.165) is 0 Å². The molecule has 2 heteroatoms. The molecule has 0 aliphatic rings. The summed E-state index contributed by atoms with van der Waals surface area (Å²) in [6.07, 6.45) is 2.08. The van der Waals surface area contributed by atoms with Gasteiger partial charge in [0.1, 0.15) is 0 Å². The number of rotatable bonds is 2. The lowest BCUT2D eigenvalue weighted by atomic mass is 10.1. The highest BCUT2D eigenvalue weighted by molar-refractivity contribution is 6.88. The second-order valence-electron chi connectivity index (χ2n) is 5.33. The molecule has 78 valence electrons. The summed E-state index contributed by atoms with van der Waals surface area (Å²) in [6.45, 7) is 13.6. The van der Waals surface area contributed by atoms with E-state index in [2.05, 4.69) is 57.7 Å². The molecule has 0 aliphatic heterocycles. The van der Waals surface area contributed by atoms with Crippen LogP contribution in [0.2, 0.25) is 19.6 Å². The van der Waals surface area contributed by atoms with Crippen molar-refractivity contribution in [3.63, 3.8) is 0 Å². The zero-order valence-corrected chi connectivity index (χ0v) is 11.2. The third kappa shape index (κ3) is 2.44. The number of hydrogen-bond acceptors (Lipinski definition) is 1. The second-order valence-corrected chi connectivity index (χ2v) is 10.4. The molecule has 0 radical (unpaired) electrons. The largest absolute Gasteiger partial charge is 0.261 e. The zero-order valence-electron chi connectivity index (χ0n) is 10.2. The van der Waals surface area contributed by atoms with Crippen LogP contribution in [0.5, 0.6) is 0 Å². The first kappa shape index (κ1) is 11.4. The van der Waals surface area contributed by atoms with Gasteiger partial charge >= 0.3 is 0 Å². The molecule has 1 heterocycles. The summed E-state index contributed by atoms with van der Waals surface area (Å²) < 4.78 is 0. The van der Waals surface area contributed by atoms with Gasteiger partial charge in [-0.15, -0.1) is 0 Å². The highest BCUT2D eigenvalue weighted by Gasteiger charge is 2.18. The Hall–Kier alpha value is -0.633. The summed E-state index contributed by atoms with van der Waals surface area (Å²) in [4.78, 5) is 4.58. The number of pyridine rings is 1. The molecule has 14 heavy (non-hydrogen) atoms. The van der Waals surface area contributed by atoms with Crippen LogP contribution in [0.1, 0.15) is 31.0 Å². The van der Waals surface area contributed by atoms with E-state index in [9.17, 15) is 0 Å². The molecule has 0 unspecified atom stereocenters. The molecule has 1 nitrogen and oxygen atoms in total. The number of hydrogen-bond donors (Lipinski definition) is 0. The maximum atomic E-state index is 4.58. The fraction of sp³-hybridized carbons (Fsp3) is 0.583. The second kappa shape index (κ2) is 3.85. The van der Waals surface area contributed by atoms with Crippen LogP contribution in [-0.2, 0) is 0 Å². The Kier molecular flexibility index (Phi) is 3.15. The van der Waals surface area contributed by atoms with Crippen molar-refractivity contribution in [2.45, 2.75) is 46.3 Å². The summed E-state index contributed by atoms with van der Waals surface area (Å²) in [5, 5.41) is 1.46. The van der Waals surface area contributed by atoms with E-state index in [-0.39, 0.29) is 0 Å². The van der Waals surface area contributed by atoms with Gasteiger partial charge in [-0.05, 0) is 23.6 Å². The van der Waals surface area contributed by atoms with Gasteiger partial charge in [0.05, 0.1) is 8.07 Å². The molecular formula is C12H21NSi. The predicted octanol–water partition coefficient (Wildman–Crippen LogP) is 3.06. The van der Waals surface area contributed by atoms with Crippen LogP contribution in [0.3, 0.4) is 0 Å². The topological polar surface area (TPSA) is 12.9 Å². The van der Waals surface area contributed by atoms with Crippen LogP contribution < -0.4 is 5.19 Å². The van der Waals surface area contributed by atoms with Crippen LogP contribution >= 0.6 is 0 Å². The predicted molar refractivity (Wildman–Crippen MR) is 66.0 cm³/mol. The standard InChI is InChI=1S/C12H21NSi/c1-9(2)12-10(3)7-11(8-13-12)14(4,5)6/h7-9H,1-6H3. The fourth-order valence-electron chi connectivity index (χ4n) is 1.60. The van der Waals surface area contributed by atoms with E-state index in [0.29, 0.717) is 5.92 Å². The molecule has 0 saturated heterocycles. The molecule has 0 aliphatic carbocycles. The average Bonchev–Trinajstić information content (AvgIpc) is 2.01. The lowest BCUT2D eigenvalue weighted by molar-refractivity contribution is 0.813. The van der Waals surface area contributed by atoms with Gasteiger partial charge in [-0.1, -0.05) is 39.6 Å². The molecule has 0 saturated carbocycles. The Morgan fingerprint density at radius 1 is 1.21 bits per heavy atom. The minimum absolute atomic E-state index is 0.533. The summed E-state index contributed by atoms with van der Waals surface area (Å²) in [5.41, 5.74) is 2.59. The van der Waals surface area contributed by atoms with Gasteiger partial charge in [-0.2, -0.15) is 0 Å². The summed E-state index contributed by atoms with van der Waals surface area (Å²) in [6, 6.07) is 2.33. The summed E-state index contributed by atoms with van der Waals surface area (Å²) in [5.74, 6) is 0.533. The average molecular weight is 207 g/mol. The maximum absolute atomic E-state index is 4.58. The smallest absolute Gasteiger partial charge is 0.0796 e. The van der Waals surface area contributed by atoms with Gasteiger partial charge < -0.3 is 0 Å². The van der Waals surface area contributed by atoms with Crippen LogP contribution in [0.25, 0.3) is 0 Å². The first-order valence-electron chi connectivity index (χ1n) is 5.29. The van der Waals surface area contributed by atoms with E-state index in [1.54, 1.807) is 0 Å². The van der Waals surface area contributed by atoms with Crippen molar-refractivity contribution in [3.8, 4) is 0 Å². The minimum Gasteiger partial charge on any atom is -0.261 e. The Labute approximate surface area is 88.6 Å². The van der Waals surface area contributed by atoms with Crippen LogP contribution in [0.15, 0.2) is 12.3 Å². The molecule has 0 bridgehead atoms. The van der Waals surface area contributed by atoms with Crippen molar-refractivity contribution in [2.24, 2.45) is 0 Å². The van der Waals surface area contributed by atoms with Gasteiger partial charge in [0, 0.05) is 11.9 Å². The van der Waals surface area contributed by atoms with E-state index >= 15 is 0 Å². The van der Waals surface area contributed by atoms with E-state index < -0.39 is 8.07 Å². The molecule has 0 fully saturated rings. The molecule has 1 aromatic rings. The highest BCUT2D eigenvalue weighted by atomic mass is 28.3. The Balaban J connectivity index is 3.13. The summed E-state index contributed by atoms with van der Waals surface area (Å²) >= 11 is 0. The molecule has 0 aromatic carbocycles. The van der Waals surface area contributed by atoms with Crippen molar-refractivity contribution in [1.82, 2.24) is 4.98 Å². The Morgan fingerprint density at radius 2 is 1.79 bits per heavy atom. The van der Waals surface area contributed by atoms with Crippen molar-refractivity contribution < 1.29 is 0 Å². The lowest BCUT2D eigenvalue weighted by Gasteiger charge is -2.18. The molecule has 0 spiro atoms. The fourth-order valence-corrected chi connectivity index (χ4v) is 2.70.